The van der Waals surface area contributed by atoms with E-state index in [0.29, 0.717) is 0 Å². The van der Waals surface area contributed by atoms with Crippen LogP contribution in [0.25, 0.3) is 11.3 Å². The minimum Gasteiger partial charge on any atom is -0.345 e. The van der Waals surface area contributed by atoms with Crippen LogP contribution in [0.15, 0.2) is 39.5 Å². The SMILES string of the molecule is Brc1ccc(-c2conn2)cc1. The van der Waals surface area contributed by atoms with Gasteiger partial charge in [0.1, 0.15) is 5.69 Å². The third kappa shape index (κ3) is 1.38. The summed E-state index contributed by atoms with van der Waals surface area (Å²) >= 11 is 3.35. The number of benzene rings is 1. The Labute approximate surface area is 77.5 Å². The van der Waals surface area contributed by atoms with E-state index in [0.717, 1.165) is 15.7 Å². The van der Waals surface area contributed by atoms with Gasteiger partial charge in [-0.1, -0.05) is 28.1 Å². The Morgan fingerprint density at radius 3 is 2.50 bits per heavy atom. The maximum atomic E-state index is 4.63. The van der Waals surface area contributed by atoms with E-state index in [1.165, 1.54) is 6.26 Å². The Kier molecular flexibility index (Phi) is 1.91. The van der Waals surface area contributed by atoms with Gasteiger partial charge in [-0.15, -0.1) is 5.10 Å². The van der Waals surface area contributed by atoms with Gasteiger partial charge in [0, 0.05) is 15.3 Å². The Morgan fingerprint density at radius 2 is 1.92 bits per heavy atom. The van der Waals surface area contributed by atoms with Crippen LogP contribution in [0, 0.1) is 0 Å². The Hall–Kier alpha value is -1.16. The molecule has 0 amide bonds. The summed E-state index contributed by atoms with van der Waals surface area (Å²) in [6.45, 7) is 0. The van der Waals surface area contributed by atoms with E-state index in [2.05, 4.69) is 30.8 Å². The topological polar surface area (TPSA) is 38.9 Å². The quantitative estimate of drug-likeness (QED) is 0.748. The highest BCUT2D eigenvalue weighted by Gasteiger charge is 2.00. The largest absolute Gasteiger partial charge is 0.345 e. The van der Waals surface area contributed by atoms with Crippen molar-refractivity contribution < 1.29 is 4.52 Å². The van der Waals surface area contributed by atoms with Gasteiger partial charge in [-0.2, -0.15) is 0 Å². The van der Waals surface area contributed by atoms with Crippen LogP contribution in [0.1, 0.15) is 0 Å². The fourth-order valence-electron chi connectivity index (χ4n) is 0.911. The molecule has 1 aromatic carbocycles. The van der Waals surface area contributed by atoms with Gasteiger partial charge >= 0.3 is 0 Å². The molecule has 2 rings (SSSR count). The molecule has 1 aromatic heterocycles. The van der Waals surface area contributed by atoms with Crippen molar-refractivity contribution in [2.75, 3.05) is 0 Å². The molecule has 0 fully saturated rings. The van der Waals surface area contributed by atoms with Crippen LogP contribution in [-0.4, -0.2) is 10.4 Å². The zero-order valence-electron chi connectivity index (χ0n) is 6.07. The molecular weight excluding hydrogens is 220 g/mol. The van der Waals surface area contributed by atoms with Crippen molar-refractivity contribution in [2.24, 2.45) is 0 Å². The molecule has 0 aliphatic heterocycles. The standard InChI is InChI=1S/C8H5BrN2O/c9-7-3-1-6(2-4-7)8-5-12-11-10-8/h1-5H. The highest BCUT2D eigenvalue weighted by molar-refractivity contribution is 9.10. The van der Waals surface area contributed by atoms with Gasteiger partial charge in [-0.05, 0) is 12.1 Å². The van der Waals surface area contributed by atoms with Gasteiger partial charge in [-0.25, -0.2) is 0 Å². The molecule has 0 N–H and O–H groups in total. The number of halogens is 1. The first-order chi connectivity index (χ1) is 5.86. The first-order valence-corrected chi connectivity index (χ1v) is 4.18. The molecule has 0 saturated heterocycles. The third-order valence-corrected chi connectivity index (χ3v) is 2.03. The fraction of sp³-hybridized carbons (Fsp3) is 0. The Morgan fingerprint density at radius 1 is 1.17 bits per heavy atom. The van der Waals surface area contributed by atoms with Crippen molar-refractivity contribution >= 4 is 15.9 Å². The maximum Gasteiger partial charge on any atom is 0.152 e. The first kappa shape index (κ1) is 7.49. The smallest absolute Gasteiger partial charge is 0.152 e. The van der Waals surface area contributed by atoms with Crippen LogP contribution in [0.4, 0.5) is 0 Å². The van der Waals surface area contributed by atoms with E-state index >= 15 is 0 Å². The zero-order chi connectivity index (χ0) is 8.39. The number of hydrogen-bond donors (Lipinski definition) is 0. The minimum absolute atomic E-state index is 0.752. The lowest BCUT2D eigenvalue weighted by molar-refractivity contribution is 0.393. The van der Waals surface area contributed by atoms with Crippen molar-refractivity contribution in [2.45, 2.75) is 0 Å². The normalized spacial score (nSPS) is 10.1. The lowest BCUT2D eigenvalue weighted by Gasteiger charge is -1.93. The van der Waals surface area contributed by atoms with Crippen LogP contribution in [0.3, 0.4) is 0 Å². The minimum atomic E-state index is 0.752. The van der Waals surface area contributed by atoms with Crippen LogP contribution >= 0.6 is 15.9 Å². The van der Waals surface area contributed by atoms with E-state index in [1.807, 2.05) is 24.3 Å². The van der Waals surface area contributed by atoms with Gasteiger partial charge < -0.3 is 4.52 Å². The predicted octanol–water partition coefficient (Wildman–Crippen LogP) is 2.50. The molecule has 0 saturated carbocycles. The van der Waals surface area contributed by atoms with Gasteiger partial charge in [0.15, 0.2) is 6.26 Å². The molecular formula is C8H5BrN2O. The van der Waals surface area contributed by atoms with Gasteiger partial charge in [0.2, 0.25) is 0 Å². The summed E-state index contributed by atoms with van der Waals surface area (Å²) in [7, 11) is 0. The average molecular weight is 225 g/mol. The van der Waals surface area contributed by atoms with E-state index in [4.69, 9.17) is 0 Å². The van der Waals surface area contributed by atoms with Crippen LogP contribution in [0.2, 0.25) is 0 Å². The van der Waals surface area contributed by atoms with Crippen molar-refractivity contribution in [1.82, 2.24) is 10.4 Å². The number of rotatable bonds is 1. The number of aromatic nitrogens is 2. The summed E-state index contributed by atoms with van der Waals surface area (Å²) in [4.78, 5) is 0. The van der Waals surface area contributed by atoms with E-state index < -0.39 is 0 Å². The van der Waals surface area contributed by atoms with Crippen LogP contribution in [-0.2, 0) is 0 Å². The molecule has 4 heteroatoms. The van der Waals surface area contributed by atoms with Crippen molar-refractivity contribution in [3.05, 3.63) is 35.0 Å². The monoisotopic (exact) mass is 224 g/mol. The van der Waals surface area contributed by atoms with E-state index in [-0.39, 0.29) is 0 Å². The summed E-state index contributed by atoms with van der Waals surface area (Å²) in [5.41, 5.74) is 1.75. The second-order valence-corrected chi connectivity index (χ2v) is 3.21. The van der Waals surface area contributed by atoms with E-state index in [9.17, 15) is 0 Å². The lowest BCUT2D eigenvalue weighted by Crippen LogP contribution is -1.76. The van der Waals surface area contributed by atoms with Crippen LogP contribution < -0.4 is 0 Å². The Bertz CT molecular complexity index is 355. The van der Waals surface area contributed by atoms with Crippen molar-refractivity contribution in [3.8, 4) is 11.3 Å². The summed E-state index contributed by atoms with van der Waals surface area (Å²) < 4.78 is 5.67. The highest BCUT2D eigenvalue weighted by atomic mass is 79.9. The average Bonchev–Trinajstić information content (AvgIpc) is 2.58. The molecule has 2 aromatic rings. The second kappa shape index (κ2) is 3.06. The highest BCUT2D eigenvalue weighted by Crippen LogP contribution is 2.18. The molecule has 1 heterocycles. The lowest BCUT2D eigenvalue weighted by atomic mass is 10.2. The van der Waals surface area contributed by atoms with Gasteiger partial charge in [0.05, 0.1) is 0 Å². The first-order valence-electron chi connectivity index (χ1n) is 3.39. The van der Waals surface area contributed by atoms with Crippen LogP contribution in [0.5, 0.6) is 0 Å². The zero-order valence-corrected chi connectivity index (χ0v) is 7.65. The molecule has 60 valence electrons. The molecule has 3 nitrogen and oxygen atoms in total. The molecule has 0 aliphatic rings. The fourth-order valence-corrected chi connectivity index (χ4v) is 1.18. The van der Waals surface area contributed by atoms with Crippen molar-refractivity contribution in [1.29, 1.82) is 0 Å². The molecule has 12 heavy (non-hydrogen) atoms. The van der Waals surface area contributed by atoms with Gasteiger partial charge in [-0.3, -0.25) is 0 Å². The Balaban J connectivity index is 2.43. The molecule has 0 aliphatic carbocycles. The summed E-state index contributed by atoms with van der Waals surface area (Å²) in [5, 5.41) is 7.17. The molecule has 0 radical (unpaired) electrons. The predicted molar refractivity (Wildman–Crippen MR) is 47.4 cm³/mol. The van der Waals surface area contributed by atoms with Gasteiger partial charge in [0.25, 0.3) is 0 Å². The summed E-state index contributed by atoms with van der Waals surface area (Å²) in [5.74, 6) is 0. The second-order valence-electron chi connectivity index (χ2n) is 2.30. The molecule has 0 unspecified atom stereocenters. The molecule has 0 bridgehead atoms. The summed E-state index contributed by atoms with van der Waals surface area (Å²) in [6.07, 6.45) is 1.52. The molecule has 0 spiro atoms. The van der Waals surface area contributed by atoms with E-state index in [1.54, 1.807) is 0 Å². The maximum absolute atomic E-state index is 4.63. The van der Waals surface area contributed by atoms with Crippen molar-refractivity contribution in [3.63, 3.8) is 0 Å². The summed E-state index contributed by atoms with van der Waals surface area (Å²) in [6, 6.07) is 7.79. The number of hydrogen-bond acceptors (Lipinski definition) is 3. The molecule has 0 atom stereocenters. The number of nitrogens with zero attached hydrogens (tertiary/aromatic N) is 2. The third-order valence-electron chi connectivity index (χ3n) is 1.50.